The predicted octanol–water partition coefficient (Wildman–Crippen LogP) is 5.38. The smallest absolute Gasteiger partial charge is 0.290 e. The number of aromatic nitrogens is 1. The molecule has 1 aromatic heterocycles. The van der Waals surface area contributed by atoms with Crippen LogP contribution >= 0.6 is 0 Å². The van der Waals surface area contributed by atoms with Crippen LogP contribution in [0.1, 0.15) is 41.5 Å². The van der Waals surface area contributed by atoms with Gasteiger partial charge >= 0.3 is 0 Å². The number of ether oxygens (including phenoxy) is 1. The third kappa shape index (κ3) is 8.99. The van der Waals surface area contributed by atoms with Crippen LogP contribution < -0.4 is 20.4 Å². The van der Waals surface area contributed by atoms with Crippen LogP contribution in [-0.4, -0.2) is 59.0 Å². The van der Waals surface area contributed by atoms with Gasteiger partial charge in [0.05, 0.1) is 12.7 Å². The van der Waals surface area contributed by atoms with Crippen molar-refractivity contribution in [3.8, 4) is 45.9 Å². The number of phenols is 1. The summed E-state index contributed by atoms with van der Waals surface area (Å²) >= 11 is 0. The third-order valence-corrected chi connectivity index (χ3v) is 8.18. The van der Waals surface area contributed by atoms with Gasteiger partial charge in [-0.1, -0.05) is 36.4 Å². The lowest BCUT2D eigenvalue weighted by atomic mass is 9.91. The van der Waals surface area contributed by atoms with Crippen LogP contribution in [0.15, 0.2) is 72.9 Å². The number of halogens is 1. The first-order chi connectivity index (χ1) is 24.3. The highest BCUT2D eigenvalue weighted by Gasteiger charge is 2.25. The highest BCUT2D eigenvalue weighted by Crippen LogP contribution is 2.41. The third-order valence-electron chi connectivity index (χ3n) is 8.18. The van der Waals surface area contributed by atoms with Gasteiger partial charge in [0.1, 0.15) is 29.3 Å². The Bertz CT molecular complexity index is 1940. The van der Waals surface area contributed by atoms with Gasteiger partial charge < -0.3 is 25.2 Å². The monoisotopic (exact) mass is 678 g/mol. The van der Waals surface area contributed by atoms with Crippen LogP contribution in [0.4, 0.5) is 10.2 Å². The highest BCUT2D eigenvalue weighted by molar-refractivity contribution is 5.91. The van der Waals surface area contributed by atoms with Crippen molar-refractivity contribution in [1.29, 1.82) is 10.5 Å². The molecule has 0 spiro atoms. The van der Waals surface area contributed by atoms with E-state index in [9.17, 15) is 24.8 Å². The van der Waals surface area contributed by atoms with Crippen LogP contribution in [0.25, 0.3) is 28.3 Å². The van der Waals surface area contributed by atoms with E-state index in [-0.39, 0.29) is 35.1 Å². The summed E-state index contributed by atoms with van der Waals surface area (Å²) in [7, 11) is 1.45. The lowest BCUT2D eigenvalue weighted by molar-refractivity contribution is -0.124. The van der Waals surface area contributed by atoms with Crippen molar-refractivity contribution in [3.63, 3.8) is 0 Å². The predicted molar refractivity (Wildman–Crippen MR) is 184 cm³/mol. The Morgan fingerprint density at radius 2 is 1.82 bits per heavy atom. The zero-order valence-corrected chi connectivity index (χ0v) is 27.1. The van der Waals surface area contributed by atoms with Crippen molar-refractivity contribution in [2.24, 2.45) is 0 Å². The number of hydrogen-bond acceptors (Lipinski definition) is 10. The van der Waals surface area contributed by atoms with Gasteiger partial charge in [0.15, 0.2) is 11.5 Å². The fourth-order valence-electron chi connectivity index (χ4n) is 5.71. The van der Waals surface area contributed by atoms with Crippen molar-refractivity contribution >= 4 is 24.3 Å². The molecule has 0 radical (unpaired) electrons. The summed E-state index contributed by atoms with van der Waals surface area (Å²) in [5.74, 6) is -0.595. The Labute approximate surface area is 288 Å². The number of pyridine rings is 1. The second-order valence-corrected chi connectivity index (χ2v) is 11.2. The van der Waals surface area contributed by atoms with Crippen molar-refractivity contribution < 1.29 is 34.1 Å². The molecule has 256 valence electrons. The molecule has 1 aliphatic rings. The summed E-state index contributed by atoms with van der Waals surface area (Å²) in [6.07, 6.45) is 7.09. The number of benzene rings is 3. The van der Waals surface area contributed by atoms with E-state index < -0.39 is 11.7 Å². The molecule has 1 fully saturated rings. The second kappa shape index (κ2) is 17.8. The number of nitrogens with zero attached hydrogens (tertiary/aromatic N) is 4. The fourth-order valence-corrected chi connectivity index (χ4v) is 5.71. The molecule has 3 aromatic carbocycles. The van der Waals surface area contributed by atoms with Crippen molar-refractivity contribution in [2.75, 3.05) is 25.1 Å². The average Bonchev–Trinajstić information content (AvgIpc) is 3.38. The number of hydroxylamine groups is 1. The van der Waals surface area contributed by atoms with Gasteiger partial charge in [-0.3, -0.25) is 14.8 Å². The van der Waals surface area contributed by atoms with Crippen LogP contribution in [-0.2, 0) is 16.1 Å². The second-order valence-electron chi connectivity index (χ2n) is 11.2. The number of carbonyl (C=O) groups is 2. The van der Waals surface area contributed by atoms with Crippen molar-refractivity contribution in [3.05, 3.63) is 101 Å². The molecule has 1 amide bonds. The zero-order valence-electron chi connectivity index (χ0n) is 27.1. The lowest BCUT2D eigenvalue weighted by Gasteiger charge is -2.25. The number of aromatic hydroxyl groups is 1. The summed E-state index contributed by atoms with van der Waals surface area (Å²) in [6.45, 7) is 1.72. The minimum absolute atomic E-state index is 0.0875. The normalized spacial score (nSPS) is 14.0. The van der Waals surface area contributed by atoms with E-state index in [0.717, 1.165) is 30.4 Å². The summed E-state index contributed by atoms with van der Waals surface area (Å²) in [5.41, 5.74) is 5.63. The number of phenolic OH excluding ortho intramolecular Hbond substituents is 1. The Morgan fingerprint density at radius 3 is 2.46 bits per heavy atom. The molecule has 0 saturated carbocycles. The van der Waals surface area contributed by atoms with Gasteiger partial charge in [0.25, 0.3) is 12.4 Å². The number of carbonyl (C=O) groups excluding carboxylic acids is 1. The number of anilines is 1. The summed E-state index contributed by atoms with van der Waals surface area (Å²) < 4.78 is 20.1. The summed E-state index contributed by atoms with van der Waals surface area (Å²) in [5, 5.41) is 49.4. The molecule has 2 heterocycles. The Hall–Kier alpha value is -6.28. The first-order valence-electron chi connectivity index (χ1n) is 15.5. The molecule has 12 nitrogen and oxygen atoms in total. The van der Waals surface area contributed by atoms with E-state index in [1.165, 1.54) is 31.4 Å². The zero-order chi connectivity index (χ0) is 36.0. The number of rotatable bonds is 9. The van der Waals surface area contributed by atoms with Crippen LogP contribution in [0, 0.1) is 28.5 Å². The first-order valence-corrected chi connectivity index (χ1v) is 15.5. The molecular weight excluding hydrogens is 643 g/mol. The molecule has 13 heteroatoms. The SMILES string of the molecule is COc1ccc(-c2cnc(N3CCCC(NCc4ccc(/C=C/C(=O)NO)cc4)CC3)c(C#N)c2-c2ccc(C#N)c(F)c2)cc1O.O=CO. The standard InChI is InChI=1S/C36H33FN6O4.CH2O2/c1-47-33-12-11-25(18-32(33)44)30-22-41-36(29(20-39)35(30)26-9-10-27(19-38)31(37)17-26)43-15-2-3-28(14-16-43)40-21-24-6-4-23(5-7-24)8-13-34(45)42-46;2-1-3/h4-13,17-18,22,28,40,44,46H,2-3,14-16,21H2,1H3,(H,42,45);1H,(H,2,3)/b13-8+;. The van der Waals surface area contributed by atoms with Crippen molar-refractivity contribution in [2.45, 2.75) is 31.8 Å². The molecule has 1 atom stereocenters. The minimum atomic E-state index is -0.695. The maximum Gasteiger partial charge on any atom is 0.290 e. The minimum Gasteiger partial charge on any atom is -0.504 e. The van der Waals surface area contributed by atoms with Crippen LogP contribution in [0.3, 0.4) is 0 Å². The van der Waals surface area contributed by atoms with E-state index in [2.05, 4.69) is 16.3 Å². The molecule has 5 rings (SSSR count). The highest BCUT2D eigenvalue weighted by atomic mass is 19.1. The first kappa shape index (κ1) is 36.6. The number of nitrogens with one attached hydrogen (secondary N) is 2. The van der Waals surface area contributed by atoms with E-state index in [4.69, 9.17) is 24.8 Å². The van der Waals surface area contributed by atoms with Crippen molar-refractivity contribution in [1.82, 2.24) is 15.8 Å². The summed E-state index contributed by atoms with van der Waals surface area (Å²) in [4.78, 5) is 26.4. The van der Waals surface area contributed by atoms with Gasteiger partial charge in [0, 0.05) is 49.1 Å². The topological polar surface area (TPSA) is 192 Å². The van der Waals surface area contributed by atoms with Crippen LogP contribution in [0.2, 0.25) is 0 Å². The van der Waals surface area contributed by atoms with Gasteiger partial charge in [-0.05, 0) is 71.9 Å². The van der Waals surface area contributed by atoms with Crippen LogP contribution in [0.5, 0.6) is 11.5 Å². The number of methoxy groups -OCH3 is 1. The van der Waals surface area contributed by atoms with Gasteiger partial charge in [-0.25, -0.2) is 14.9 Å². The lowest BCUT2D eigenvalue weighted by Crippen LogP contribution is -2.31. The number of hydrogen-bond donors (Lipinski definition) is 5. The Morgan fingerprint density at radius 1 is 1.08 bits per heavy atom. The number of nitriles is 2. The Balaban J connectivity index is 0.00000181. The largest absolute Gasteiger partial charge is 0.504 e. The molecule has 5 N–H and O–H groups in total. The van der Waals surface area contributed by atoms with E-state index in [1.807, 2.05) is 30.3 Å². The van der Waals surface area contributed by atoms with Gasteiger partial charge in [-0.15, -0.1) is 0 Å². The van der Waals surface area contributed by atoms with Gasteiger partial charge in [-0.2, -0.15) is 10.5 Å². The summed E-state index contributed by atoms with van der Waals surface area (Å²) in [6, 6.07) is 21.3. The molecule has 1 saturated heterocycles. The quantitative estimate of drug-likeness (QED) is 0.0661. The van der Waals surface area contributed by atoms with Gasteiger partial charge in [0.2, 0.25) is 0 Å². The van der Waals surface area contributed by atoms with E-state index in [1.54, 1.807) is 36.0 Å². The average molecular weight is 679 g/mol. The molecule has 0 aliphatic carbocycles. The molecular formula is C37H35FN6O6. The molecule has 4 aromatic rings. The van der Waals surface area contributed by atoms with E-state index in [0.29, 0.717) is 47.7 Å². The molecule has 0 bridgehead atoms. The van der Waals surface area contributed by atoms with E-state index >= 15 is 0 Å². The molecule has 1 aliphatic heterocycles. The fraction of sp³-hybridized carbons (Fsp3) is 0.216. The maximum atomic E-state index is 14.9. The number of carboxylic acid groups (broad SMARTS) is 1. The number of amides is 1. The molecule has 1 unspecified atom stereocenters. The Kier molecular flexibility index (Phi) is 13.0. The maximum absolute atomic E-state index is 14.9. The molecule has 50 heavy (non-hydrogen) atoms.